The molecule has 1 heterocycles. The van der Waals surface area contributed by atoms with Crippen molar-refractivity contribution < 1.29 is 4.39 Å². The lowest BCUT2D eigenvalue weighted by molar-refractivity contribution is 0.416. The molecule has 0 spiro atoms. The third kappa shape index (κ3) is 3.36. The minimum atomic E-state index is -0.371. The Kier molecular flexibility index (Phi) is 4.81. The number of hydrogen-bond acceptors (Lipinski definition) is 4. The van der Waals surface area contributed by atoms with Crippen LogP contribution in [0.15, 0.2) is 6.33 Å². The topological polar surface area (TPSA) is 63.8 Å². The molecule has 0 saturated carbocycles. The molecular weight excluding hydrogens is 219 g/mol. The van der Waals surface area contributed by atoms with Gasteiger partial charge in [0.05, 0.1) is 5.69 Å². The molecule has 96 valence electrons. The quantitative estimate of drug-likeness (QED) is 0.799. The van der Waals surface area contributed by atoms with Crippen LogP contribution in [0.2, 0.25) is 0 Å². The minimum absolute atomic E-state index is 0.244. The van der Waals surface area contributed by atoms with Gasteiger partial charge >= 0.3 is 0 Å². The number of nitrogens with one attached hydrogen (secondary N) is 1. The Morgan fingerprint density at radius 2 is 1.94 bits per heavy atom. The first-order chi connectivity index (χ1) is 8.06. The largest absolute Gasteiger partial charge is 0.366 e. The summed E-state index contributed by atoms with van der Waals surface area (Å²) in [5.74, 6) is -0.127. The monoisotopic (exact) mass is 240 g/mol. The van der Waals surface area contributed by atoms with Crippen molar-refractivity contribution in [1.82, 2.24) is 9.97 Å². The Labute approximate surface area is 102 Å². The molecule has 1 aromatic heterocycles. The zero-order valence-corrected chi connectivity index (χ0v) is 10.8. The SMILES string of the molecule is CCc1ncnc(NCC(N)(CC)CC)c1F. The predicted octanol–water partition coefficient (Wildman–Crippen LogP) is 2.11. The Balaban J connectivity index is 2.76. The van der Waals surface area contributed by atoms with Gasteiger partial charge in [0.1, 0.15) is 6.33 Å². The Morgan fingerprint density at radius 1 is 1.29 bits per heavy atom. The molecule has 0 saturated heterocycles. The molecule has 0 fully saturated rings. The summed E-state index contributed by atoms with van der Waals surface area (Å²) in [5.41, 5.74) is 6.25. The van der Waals surface area contributed by atoms with E-state index in [4.69, 9.17) is 5.73 Å². The van der Waals surface area contributed by atoms with Gasteiger partial charge in [0.2, 0.25) is 0 Å². The van der Waals surface area contributed by atoms with Gasteiger partial charge in [-0.1, -0.05) is 20.8 Å². The molecule has 0 aliphatic carbocycles. The van der Waals surface area contributed by atoms with Crippen LogP contribution < -0.4 is 11.1 Å². The van der Waals surface area contributed by atoms with Gasteiger partial charge in [-0.25, -0.2) is 14.4 Å². The second kappa shape index (κ2) is 5.91. The Morgan fingerprint density at radius 3 is 2.47 bits per heavy atom. The van der Waals surface area contributed by atoms with E-state index >= 15 is 0 Å². The molecular formula is C12H21FN4. The average molecular weight is 240 g/mol. The number of hydrogen-bond donors (Lipinski definition) is 2. The van der Waals surface area contributed by atoms with Gasteiger partial charge in [0, 0.05) is 12.1 Å². The maximum Gasteiger partial charge on any atom is 0.186 e. The summed E-state index contributed by atoms with van der Waals surface area (Å²) >= 11 is 0. The first-order valence-corrected chi connectivity index (χ1v) is 6.08. The summed E-state index contributed by atoms with van der Waals surface area (Å²) < 4.78 is 13.8. The summed E-state index contributed by atoms with van der Waals surface area (Å²) in [4.78, 5) is 7.79. The molecule has 3 N–H and O–H groups in total. The molecule has 0 aliphatic rings. The molecule has 5 heteroatoms. The Hall–Kier alpha value is -1.23. The third-order valence-corrected chi connectivity index (χ3v) is 3.21. The van der Waals surface area contributed by atoms with Crippen LogP contribution in [-0.4, -0.2) is 22.1 Å². The highest BCUT2D eigenvalue weighted by Crippen LogP contribution is 2.16. The lowest BCUT2D eigenvalue weighted by Crippen LogP contribution is -2.45. The van der Waals surface area contributed by atoms with Crippen LogP contribution >= 0.6 is 0 Å². The predicted molar refractivity (Wildman–Crippen MR) is 67.4 cm³/mol. The molecule has 1 aromatic rings. The number of nitrogens with two attached hydrogens (primary N) is 1. The summed E-state index contributed by atoms with van der Waals surface area (Å²) in [7, 11) is 0. The van der Waals surface area contributed by atoms with E-state index in [1.807, 2.05) is 20.8 Å². The van der Waals surface area contributed by atoms with Crippen LogP contribution in [0.1, 0.15) is 39.3 Å². The molecule has 0 aromatic carbocycles. The van der Waals surface area contributed by atoms with Crippen LogP contribution in [0.25, 0.3) is 0 Å². The molecule has 17 heavy (non-hydrogen) atoms. The fourth-order valence-corrected chi connectivity index (χ4v) is 1.54. The van der Waals surface area contributed by atoms with E-state index in [0.717, 1.165) is 12.8 Å². The molecule has 1 rings (SSSR count). The molecule has 0 radical (unpaired) electrons. The van der Waals surface area contributed by atoms with Crippen molar-refractivity contribution in [2.45, 2.75) is 45.6 Å². The Bertz CT molecular complexity index is 364. The van der Waals surface area contributed by atoms with Crippen molar-refractivity contribution in [3.8, 4) is 0 Å². The number of aromatic nitrogens is 2. The van der Waals surface area contributed by atoms with Crippen molar-refractivity contribution in [2.75, 3.05) is 11.9 Å². The van der Waals surface area contributed by atoms with Crippen molar-refractivity contribution >= 4 is 5.82 Å². The highest BCUT2D eigenvalue weighted by Gasteiger charge is 2.21. The van der Waals surface area contributed by atoms with E-state index < -0.39 is 0 Å². The van der Waals surface area contributed by atoms with Crippen molar-refractivity contribution in [3.05, 3.63) is 17.8 Å². The molecule has 0 atom stereocenters. The first kappa shape index (κ1) is 13.8. The smallest absolute Gasteiger partial charge is 0.186 e. The number of halogens is 1. The van der Waals surface area contributed by atoms with E-state index in [-0.39, 0.29) is 17.2 Å². The fraction of sp³-hybridized carbons (Fsp3) is 0.667. The van der Waals surface area contributed by atoms with E-state index in [1.165, 1.54) is 6.33 Å². The molecule has 0 unspecified atom stereocenters. The highest BCUT2D eigenvalue weighted by atomic mass is 19.1. The number of anilines is 1. The fourth-order valence-electron chi connectivity index (χ4n) is 1.54. The molecule has 0 bridgehead atoms. The van der Waals surface area contributed by atoms with Gasteiger partial charge in [0.25, 0.3) is 0 Å². The summed E-state index contributed by atoms with van der Waals surface area (Å²) in [6, 6.07) is 0. The van der Waals surface area contributed by atoms with Crippen LogP contribution in [0, 0.1) is 5.82 Å². The van der Waals surface area contributed by atoms with Gasteiger partial charge in [-0.2, -0.15) is 0 Å². The van der Waals surface area contributed by atoms with Crippen molar-refractivity contribution in [2.24, 2.45) is 5.73 Å². The van der Waals surface area contributed by atoms with Crippen LogP contribution in [0.5, 0.6) is 0 Å². The van der Waals surface area contributed by atoms with Crippen LogP contribution in [0.4, 0.5) is 10.2 Å². The lowest BCUT2D eigenvalue weighted by Gasteiger charge is -2.27. The molecule has 4 nitrogen and oxygen atoms in total. The number of rotatable bonds is 6. The summed E-state index contributed by atoms with van der Waals surface area (Å²) in [6.07, 6.45) is 3.60. The van der Waals surface area contributed by atoms with Gasteiger partial charge < -0.3 is 11.1 Å². The van der Waals surface area contributed by atoms with E-state index in [1.54, 1.807) is 0 Å². The first-order valence-electron chi connectivity index (χ1n) is 6.08. The third-order valence-electron chi connectivity index (χ3n) is 3.21. The lowest BCUT2D eigenvalue weighted by atomic mass is 9.94. The maximum absolute atomic E-state index is 13.8. The normalized spacial score (nSPS) is 11.6. The van der Waals surface area contributed by atoms with Crippen LogP contribution in [0.3, 0.4) is 0 Å². The standard InChI is InChI=1S/C12H21FN4/c1-4-9-10(13)11(17-8-16-9)15-7-12(14,5-2)6-3/h8H,4-7,14H2,1-3H3,(H,15,16,17). The van der Waals surface area contributed by atoms with E-state index in [2.05, 4.69) is 15.3 Å². The zero-order chi connectivity index (χ0) is 12.9. The maximum atomic E-state index is 13.8. The van der Waals surface area contributed by atoms with Gasteiger partial charge in [-0.05, 0) is 19.3 Å². The number of aryl methyl sites for hydroxylation is 1. The zero-order valence-electron chi connectivity index (χ0n) is 10.8. The van der Waals surface area contributed by atoms with Crippen molar-refractivity contribution in [1.29, 1.82) is 0 Å². The average Bonchev–Trinajstić information content (AvgIpc) is 2.37. The van der Waals surface area contributed by atoms with Gasteiger partial charge in [-0.3, -0.25) is 0 Å². The van der Waals surface area contributed by atoms with Crippen molar-refractivity contribution in [3.63, 3.8) is 0 Å². The summed E-state index contributed by atoms with van der Waals surface area (Å²) in [5, 5.41) is 2.98. The summed E-state index contributed by atoms with van der Waals surface area (Å²) in [6.45, 7) is 6.43. The second-order valence-corrected chi connectivity index (χ2v) is 4.26. The molecule has 0 aliphatic heterocycles. The second-order valence-electron chi connectivity index (χ2n) is 4.26. The van der Waals surface area contributed by atoms with Gasteiger partial charge in [0.15, 0.2) is 11.6 Å². The van der Waals surface area contributed by atoms with E-state index in [0.29, 0.717) is 18.7 Å². The minimum Gasteiger partial charge on any atom is -0.366 e. The molecule has 0 amide bonds. The van der Waals surface area contributed by atoms with Crippen LogP contribution in [-0.2, 0) is 6.42 Å². The highest BCUT2D eigenvalue weighted by molar-refractivity contribution is 5.37. The van der Waals surface area contributed by atoms with E-state index in [9.17, 15) is 4.39 Å². The van der Waals surface area contributed by atoms with Gasteiger partial charge in [-0.15, -0.1) is 0 Å². The number of nitrogens with zero attached hydrogens (tertiary/aromatic N) is 2.